The molecule has 4 heteroatoms. The van der Waals surface area contributed by atoms with Gasteiger partial charge in [-0.2, -0.15) is 10.5 Å². The summed E-state index contributed by atoms with van der Waals surface area (Å²) in [6.07, 6.45) is 0. The molecule has 0 amide bonds. The van der Waals surface area contributed by atoms with Crippen molar-refractivity contribution in [2.75, 3.05) is 23.9 Å². The molecule has 4 nitrogen and oxygen atoms in total. The maximum Gasteiger partial charge on any atom is 0.103 e. The quantitative estimate of drug-likeness (QED) is 0.411. The van der Waals surface area contributed by atoms with Crippen molar-refractivity contribution in [3.05, 3.63) is 82.9 Å². The average molecular weight is 451 g/mol. The van der Waals surface area contributed by atoms with E-state index < -0.39 is 0 Å². The van der Waals surface area contributed by atoms with Crippen LogP contribution in [0.2, 0.25) is 0 Å². The highest BCUT2D eigenvalue weighted by atomic mass is 15.2. The zero-order chi connectivity index (χ0) is 25.3. The van der Waals surface area contributed by atoms with Gasteiger partial charge < -0.3 is 9.80 Å². The maximum atomic E-state index is 10.5. The molecule has 0 aliphatic carbocycles. The normalized spacial score (nSPS) is 11.5. The minimum atomic E-state index is -0.301. The Labute approximate surface area is 204 Å². The van der Waals surface area contributed by atoms with Crippen molar-refractivity contribution in [1.29, 1.82) is 10.5 Å². The fourth-order valence-electron chi connectivity index (χ4n) is 4.63. The molecule has 0 bridgehead atoms. The molecule has 0 aromatic heterocycles. The van der Waals surface area contributed by atoms with Gasteiger partial charge in [-0.1, -0.05) is 77.9 Å². The van der Waals surface area contributed by atoms with E-state index in [9.17, 15) is 10.5 Å². The minimum Gasteiger partial charge on any atom is -0.376 e. The first-order chi connectivity index (χ1) is 15.9. The molecule has 0 spiro atoms. The highest BCUT2D eigenvalue weighted by Crippen LogP contribution is 2.51. The Morgan fingerprint density at radius 1 is 0.588 bits per heavy atom. The van der Waals surface area contributed by atoms with Crippen LogP contribution in [0.3, 0.4) is 0 Å². The molecule has 0 atom stereocenters. The smallest absolute Gasteiger partial charge is 0.103 e. The number of benzene rings is 3. The summed E-state index contributed by atoms with van der Waals surface area (Å²) >= 11 is 0. The van der Waals surface area contributed by atoms with Gasteiger partial charge in [0, 0.05) is 25.5 Å². The third kappa shape index (κ3) is 4.50. The molecule has 174 valence electrons. The monoisotopic (exact) mass is 450 g/mol. The molecular formula is C30H34N4. The highest BCUT2D eigenvalue weighted by Gasteiger charge is 2.38. The summed E-state index contributed by atoms with van der Waals surface area (Å²) in [5, 5.41) is 20.9. The summed E-state index contributed by atoms with van der Waals surface area (Å²) < 4.78 is 0. The lowest BCUT2D eigenvalue weighted by Gasteiger charge is -2.40. The summed E-state index contributed by atoms with van der Waals surface area (Å²) in [5.74, 6) is 0. The van der Waals surface area contributed by atoms with Gasteiger partial charge in [0.25, 0.3) is 0 Å². The molecule has 0 N–H and O–H groups in total. The van der Waals surface area contributed by atoms with Crippen molar-refractivity contribution >= 4 is 22.7 Å². The van der Waals surface area contributed by atoms with Crippen LogP contribution in [-0.2, 0) is 10.8 Å². The van der Waals surface area contributed by atoms with Gasteiger partial charge >= 0.3 is 0 Å². The first-order valence-electron chi connectivity index (χ1n) is 11.6. The van der Waals surface area contributed by atoms with E-state index in [4.69, 9.17) is 0 Å². The lowest BCUT2D eigenvalue weighted by atomic mass is 9.71. The average Bonchev–Trinajstić information content (AvgIpc) is 2.77. The van der Waals surface area contributed by atoms with E-state index in [1.54, 1.807) is 0 Å². The number of anilines is 4. The molecule has 0 radical (unpaired) electrons. The van der Waals surface area contributed by atoms with Gasteiger partial charge in [-0.05, 0) is 46.2 Å². The van der Waals surface area contributed by atoms with Crippen molar-refractivity contribution in [2.24, 2.45) is 0 Å². The third-order valence-electron chi connectivity index (χ3n) is 5.87. The predicted molar refractivity (Wildman–Crippen MR) is 142 cm³/mol. The van der Waals surface area contributed by atoms with Gasteiger partial charge in [0.15, 0.2) is 0 Å². The molecule has 34 heavy (non-hydrogen) atoms. The van der Waals surface area contributed by atoms with Crippen LogP contribution in [0.1, 0.15) is 63.8 Å². The molecule has 0 heterocycles. The summed E-state index contributed by atoms with van der Waals surface area (Å²) in [6, 6.07) is 25.0. The van der Waals surface area contributed by atoms with Gasteiger partial charge in [-0.15, -0.1) is 0 Å². The second kappa shape index (κ2) is 9.24. The first-order valence-corrected chi connectivity index (χ1v) is 11.6. The molecule has 3 rings (SSSR count). The Hall–Kier alpha value is -3.76. The Bertz CT molecular complexity index is 1210. The van der Waals surface area contributed by atoms with Crippen molar-refractivity contribution < 1.29 is 0 Å². The van der Waals surface area contributed by atoms with E-state index in [1.165, 1.54) is 0 Å². The largest absolute Gasteiger partial charge is 0.376 e. The molecule has 0 saturated carbocycles. The standard InChI is InChI=1S/C30H34N4/c1-29(2,3)25-26(30(4,5)6)28(24(20-32)23(19-31)27(25)33(7)8)34(21-15-11-9-12-16-21)22-17-13-10-14-18-22/h9-18H,1-8H3. The number of nitriles is 2. The van der Waals surface area contributed by atoms with Gasteiger partial charge in [0.1, 0.15) is 12.1 Å². The highest BCUT2D eigenvalue weighted by molar-refractivity contribution is 5.90. The van der Waals surface area contributed by atoms with Crippen molar-refractivity contribution in [2.45, 2.75) is 52.4 Å². The molecule has 0 aliphatic heterocycles. The summed E-state index contributed by atoms with van der Waals surface area (Å²) in [6.45, 7) is 13.1. The predicted octanol–water partition coefficient (Wildman–Crippen LogP) is 7.56. The zero-order valence-electron chi connectivity index (χ0n) is 21.6. The SMILES string of the molecule is CN(C)c1c(C#N)c(C#N)c(N(c2ccccc2)c2ccccc2)c(C(C)(C)C)c1C(C)(C)C. The number of hydrogen-bond donors (Lipinski definition) is 0. The van der Waals surface area contributed by atoms with Gasteiger partial charge in [-0.25, -0.2) is 0 Å². The van der Waals surface area contributed by atoms with E-state index in [-0.39, 0.29) is 10.8 Å². The molecule has 0 fully saturated rings. The van der Waals surface area contributed by atoms with Crippen LogP contribution in [0, 0.1) is 22.7 Å². The lowest BCUT2D eigenvalue weighted by molar-refractivity contribution is 0.530. The molecule has 0 unspecified atom stereocenters. The Kier molecular flexibility index (Phi) is 6.76. The molecule has 3 aromatic carbocycles. The van der Waals surface area contributed by atoms with Crippen LogP contribution in [0.25, 0.3) is 0 Å². The Morgan fingerprint density at radius 2 is 0.941 bits per heavy atom. The van der Waals surface area contributed by atoms with E-state index >= 15 is 0 Å². The van der Waals surface area contributed by atoms with Crippen LogP contribution in [-0.4, -0.2) is 14.1 Å². The Morgan fingerprint density at radius 3 is 1.26 bits per heavy atom. The summed E-state index contributed by atoms with van der Waals surface area (Å²) in [7, 11) is 3.90. The lowest BCUT2D eigenvalue weighted by Crippen LogP contribution is -2.30. The van der Waals surface area contributed by atoms with Gasteiger partial charge in [-0.3, -0.25) is 0 Å². The van der Waals surface area contributed by atoms with Crippen molar-refractivity contribution in [3.8, 4) is 12.1 Å². The topological polar surface area (TPSA) is 54.1 Å². The van der Waals surface area contributed by atoms with Crippen LogP contribution in [0.15, 0.2) is 60.7 Å². The first kappa shape index (κ1) is 24.9. The molecule has 0 aliphatic rings. The molecule has 0 saturated heterocycles. The van der Waals surface area contributed by atoms with E-state index in [2.05, 4.69) is 58.6 Å². The number of rotatable bonds is 4. The maximum absolute atomic E-state index is 10.5. The fourth-order valence-corrected chi connectivity index (χ4v) is 4.63. The van der Waals surface area contributed by atoms with Crippen molar-refractivity contribution in [3.63, 3.8) is 0 Å². The molecule has 3 aromatic rings. The second-order valence-corrected chi connectivity index (χ2v) is 10.8. The van der Waals surface area contributed by atoms with E-state index in [0.29, 0.717) is 11.1 Å². The number of nitrogens with zero attached hydrogens (tertiary/aromatic N) is 4. The Balaban J connectivity index is 2.69. The molecular weight excluding hydrogens is 416 g/mol. The van der Waals surface area contributed by atoms with E-state index in [1.807, 2.05) is 79.7 Å². The van der Waals surface area contributed by atoms with Crippen LogP contribution in [0.4, 0.5) is 22.7 Å². The minimum absolute atomic E-state index is 0.268. The van der Waals surface area contributed by atoms with Gasteiger partial charge in [0.05, 0.1) is 22.5 Å². The summed E-state index contributed by atoms with van der Waals surface area (Å²) in [4.78, 5) is 4.11. The fraction of sp³-hybridized carbons (Fsp3) is 0.333. The van der Waals surface area contributed by atoms with Crippen molar-refractivity contribution in [1.82, 2.24) is 0 Å². The van der Waals surface area contributed by atoms with Crippen LogP contribution in [0.5, 0.6) is 0 Å². The van der Waals surface area contributed by atoms with Crippen LogP contribution >= 0.6 is 0 Å². The van der Waals surface area contributed by atoms with Crippen LogP contribution < -0.4 is 9.80 Å². The number of para-hydroxylation sites is 2. The zero-order valence-corrected chi connectivity index (χ0v) is 21.6. The summed E-state index contributed by atoms with van der Waals surface area (Å²) in [5.41, 5.74) is 5.89. The van der Waals surface area contributed by atoms with E-state index in [0.717, 1.165) is 33.9 Å². The number of hydrogen-bond acceptors (Lipinski definition) is 4. The third-order valence-corrected chi connectivity index (χ3v) is 5.87. The van der Waals surface area contributed by atoms with Gasteiger partial charge in [0.2, 0.25) is 0 Å². The second-order valence-electron chi connectivity index (χ2n) is 10.8.